The zero-order chi connectivity index (χ0) is 23.3. The van der Waals surface area contributed by atoms with Gasteiger partial charge in [-0.15, -0.1) is 9.24 Å². The quantitative estimate of drug-likeness (QED) is 0.329. The van der Waals surface area contributed by atoms with Gasteiger partial charge in [-0.1, -0.05) is 115 Å². The lowest BCUT2D eigenvalue weighted by Gasteiger charge is -2.42. The Morgan fingerprint density at radius 2 is 1.15 bits per heavy atom. The number of benzene rings is 2. The Morgan fingerprint density at radius 3 is 1.52 bits per heavy atom. The maximum atomic E-state index is 2.91. The van der Waals surface area contributed by atoms with Crippen molar-refractivity contribution in [2.45, 2.75) is 31.1 Å². The molecule has 0 N–H and O–H groups in total. The van der Waals surface area contributed by atoms with Gasteiger partial charge in [0.2, 0.25) is 0 Å². The molecule has 2 aromatic rings. The first-order valence-electron chi connectivity index (χ1n) is 11.9. The second-order valence-corrected chi connectivity index (χ2v) is 12.5. The lowest BCUT2D eigenvalue weighted by molar-refractivity contribution is 0.624. The smallest absolute Gasteiger partial charge is 0.0627 e. The van der Waals surface area contributed by atoms with E-state index in [9.17, 15) is 0 Å². The van der Waals surface area contributed by atoms with Gasteiger partial charge in [0.1, 0.15) is 0 Å². The first-order chi connectivity index (χ1) is 16.1. The number of hydrogen-bond acceptors (Lipinski definition) is 0. The maximum Gasteiger partial charge on any atom is 0.0627 e. The van der Waals surface area contributed by atoms with Gasteiger partial charge in [0.15, 0.2) is 0 Å². The molecule has 0 saturated heterocycles. The van der Waals surface area contributed by atoms with Crippen LogP contribution in [0.5, 0.6) is 0 Å². The summed E-state index contributed by atoms with van der Waals surface area (Å²) in [5, 5.41) is 4.47. The summed E-state index contributed by atoms with van der Waals surface area (Å²) in [6.07, 6.45) is 15.4. The van der Waals surface area contributed by atoms with Gasteiger partial charge in [-0.2, -0.15) is 0 Å². The molecule has 4 unspecified atom stereocenters. The summed E-state index contributed by atoms with van der Waals surface area (Å²) >= 11 is 0. The van der Waals surface area contributed by atoms with E-state index in [0.29, 0.717) is 0 Å². The van der Waals surface area contributed by atoms with Gasteiger partial charge in [-0.25, -0.2) is 0 Å². The van der Waals surface area contributed by atoms with Crippen LogP contribution < -0.4 is 10.6 Å². The Bertz CT molecular complexity index is 996. The fraction of sp³-hybridized carbons (Fsp3) is 0.310. The van der Waals surface area contributed by atoms with Crippen LogP contribution in [-0.4, -0.2) is 26.2 Å². The molecule has 0 aromatic heterocycles. The standard InChI is InChI=1S/C29H36P4/c1-31-26-14-8-23(9-15-26)29(22-6-4-21(20-30)5-7-22,24-10-16-27(32-2)17-11-24)25-12-18-28(33-3)19-13-25/h4,6,8-12,14-18,31-33H,5,7,13,19-20,30H2,1-3H3. The first kappa shape index (κ1) is 25.2. The molecule has 0 spiro atoms. The minimum atomic E-state index is -0.188. The number of rotatable bonds is 8. The summed E-state index contributed by atoms with van der Waals surface area (Å²) in [4.78, 5) is 0. The summed E-state index contributed by atoms with van der Waals surface area (Å²) in [5.41, 5.74) is 7.29. The molecule has 0 radical (unpaired) electrons. The van der Waals surface area contributed by atoms with Crippen LogP contribution in [0.1, 0.15) is 36.8 Å². The van der Waals surface area contributed by atoms with Crippen molar-refractivity contribution in [2.24, 2.45) is 0 Å². The second-order valence-electron chi connectivity index (χ2n) is 8.76. The van der Waals surface area contributed by atoms with E-state index in [0.717, 1.165) is 51.2 Å². The molecular weight excluding hydrogens is 472 g/mol. The van der Waals surface area contributed by atoms with Crippen LogP contribution in [0, 0.1) is 0 Å². The average Bonchev–Trinajstić information content (AvgIpc) is 2.90. The van der Waals surface area contributed by atoms with E-state index in [2.05, 4.69) is 102 Å². The number of hydrogen-bond donors (Lipinski definition) is 0. The van der Waals surface area contributed by atoms with Gasteiger partial charge in [0, 0.05) is 0 Å². The summed E-state index contributed by atoms with van der Waals surface area (Å²) in [6, 6.07) is 19.1. The van der Waals surface area contributed by atoms with Crippen molar-refractivity contribution in [1.82, 2.24) is 0 Å². The third kappa shape index (κ3) is 5.22. The van der Waals surface area contributed by atoms with E-state index in [1.165, 1.54) is 33.7 Å². The van der Waals surface area contributed by atoms with Crippen LogP contribution in [0.4, 0.5) is 0 Å². The van der Waals surface area contributed by atoms with E-state index < -0.39 is 0 Å². The van der Waals surface area contributed by atoms with Crippen LogP contribution in [-0.2, 0) is 5.41 Å². The van der Waals surface area contributed by atoms with Crippen molar-refractivity contribution in [3.63, 3.8) is 0 Å². The summed E-state index contributed by atoms with van der Waals surface area (Å²) in [6.45, 7) is 6.85. The average molecular weight is 509 g/mol. The minimum Gasteiger partial charge on any atom is -0.133 e. The van der Waals surface area contributed by atoms with E-state index in [-0.39, 0.29) is 5.41 Å². The van der Waals surface area contributed by atoms with Crippen LogP contribution in [0.25, 0.3) is 0 Å². The molecule has 2 aromatic carbocycles. The molecule has 4 rings (SSSR count). The van der Waals surface area contributed by atoms with Gasteiger partial charge >= 0.3 is 0 Å². The van der Waals surface area contributed by atoms with E-state index in [4.69, 9.17) is 0 Å². The molecule has 0 bridgehead atoms. The highest BCUT2D eigenvalue weighted by molar-refractivity contribution is 7.46. The van der Waals surface area contributed by atoms with E-state index >= 15 is 0 Å². The normalized spacial score (nSPS) is 19.2. The summed E-state index contributed by atoms with van der Waals surface area (Å²) in [7, 11) is 5.47. The molecule has 0 amide bonds. The molecule has 4 atom stereocenters. The Kier molecular flexibility index (Phi) is 8.94. The topological polar surface area (TPSA) is 0 Å². The van der Waals surface area contributed by atoms with Crippen molar-refractivity contribution >= 4 is 45.6 Å². The lowest BCUT2D eigenvalue weighted by Crippen LogP contribution is -2.34. The Labute approximate surface area is 208 Å². The summed E-state index contributed by atoms with van der Waals surface area (Å²) in [5.74, 6) is 0. The van der Waals surface area contributed by atoms with Crippen LogP contribution in [0.2, 0.25) is 0 Å². The molecule has 0 fully saturated rings. The zero-order valence-corrected chi connectivity index (χ0v) is 24.2. The van der Waals surface area contributed by atoms with Gasteiger partial charge in [-0.05, 0) is 78.9 Å². The molecule has 33 heavy (non-hydrogen) atoms. The lowest BCUT2D eigenvalue weighted by atomic mass is 9.61. The Balaban J connectivity index is 2.00. The second kappa shape index (κ2) is 11.7. The molecular formula is C29H36P4. The highest BCUT2D eigenvalue weighted by Crippen LogP contribution is 2.51. The van der Waals surface area contributed by atoms with Gasteiger partial charge in [0.25, 0.3) is 0 Å². The highest BCUT2D eigenvalue weighted by atomic mass is 31.1. The fourth-order valence-electron chi connectivity index (χ4n) is 5.21. The molecule has 0 nitrogen and oxygen atoms in total. The molecule has 0 aliphatic heterocycles. The molecule has 172 valence electrons. The van der Waals surface area contributed by atoms with Crippen molar-refractivity contribution < 1.29 is 0 Å². The Morgan fingerprint density at radius 1 is 0.636 bits per heavy atom. The van der Waals surface area contributed by atoms with Crippen LogP contribution in [0.3, 0.4) is 0 Å². The van der Waals surface area contributed by atoms with Gasteiger partial charge in [-0.3, -0.25) is 0 Å². The van der Waals surface area contributed by atoms with Crippen molar-refractivity contribution in [3.8, 4) is 0 Å². The zero-order valence-electron chi connectivity index (χ0n) is 20.0. The molecule has 4 heteroatoms. The maximum absolute atomic E-state index is 2.91. The molecule has 2 aliphatic rings. The van der Waals surface area contributed by atoms with Crippen LogP contribution in [0.15, 0.2) is 94.9 Å². The van der Waals surface area contributed by atoms with Crippen molar-refractivity contribution in [2.75, 3.05) is 26.2 Å². The third-order valence-corrected chi connectivity index (χ3v) is 10.5. The van der Waals surface area contributed by atoms with Gasteiger partial charge < -0.3 is 0 Å². The molecule has 0 saturated carbocycles. The molecule has 0 heterocycles. The minimum absolute atomic E-state index is 0.188. The largest absolute Gasteiger partial charge is 0.133 e. The predicted molar refractivity (Wildman–Crippen MR) is 161 cm³/mol. The molecule has 2 aliphatic carbocycles. The Hall–Kier alpha value is -0.880. The fourth-order valence-corrected chi connectivity index (χ4v) is 7.17. The third-order valence-electron chi connectivity index (χ3n) is 7.14. The first-order valence-corrected chi connectivity index (χ1v) is 17.2. The van der Waals surface area contributed by atoms with E-state index in [1.54, 1.807) is 16.5 Å². The monoisotopic (exact) mass is 508 g/mol. The van der Waals surface area contributed by atoms with Gasteiger partial charge in [0.05, 0.1) is 5.41 Å². The van der Waals surface area contributed by atoms with Crippen LogP contribution >= 0.6 is 35.0 Å². The summed E-state index contributed by atoms with van der Waals surface area (Å²) < 4.78 is 0. The predicted octanol–water partition coefficient (Wildman–Crippen LogP) is 7.27. The van der Waals surface area contributed by atoms with Crippen molar-refractivity contribution in [3.05, 3.63) is 106 Å². The SMILES string of the molecule is CPC1=CC=C(C(C2=CC=C(CP)CC2)(c2ccc(PC)cc2)c2ccc(PC)cc2)CC1. The highest BCUT2D eigenvalue weighted by Gasteiger charge is 2.41. The van der Waals surface area contributed by atoms with Crippen molar-refractivity contribution in [1.29, 1.82) is 0 Å². The number of allylic oxidation sites excluding steroid dienone is 8. The van der Waals surface area contributed by atoms with E-state index in [1.807, 2.05) is 0 Å².